The number of carbonyl (C=O) groups excluding carboxylic acids is 1. The number of piperazine rings is 1. The highest BCUT2D eigenvalue weighted by atomic mass is 127. The molecule has 0 spiro atoms. The summed E-state index contributed by atoms with van der Waals surface area (Å²) >= 11 is 0. The lowest BCUT2D eigenvalue weighted by molar-refractivity contribution is -0.128. The maximum absolute atomic E-state index is 11.9. The summed E-state index contributed by atoms with van der Waals surface area (Å²) in [4.78, 5) is 29.2. The molecule has 8 nitrogen and oxygen atoms in total. The largest absolute Gasteiger partial charge is 0.359 e. The van der Waals surface area contributed by atoms with Crippen LogP contribution in [0.2, 0.25) is 0 Å². The molecule has 0 bridgehead atoms. The third-order valence-electron chi connectivity index (χ3n) is 4.16. The topological polar surface area (TPSA) is 85.8 Å². The fourth-order valence-electron chi connectivity index (χ4n) is 2.62. The Bertz CT molecular complexity index is 571. The number of amides is 1. The van der Waals surface area contributed by atoms with Crippen LogP contribution in [0.5, 0.6) is 0 Å². The molecule has 1 saturated heterocycles. The number of anilines is 1. The van der Waals surface area contributed by atoms with Crippen molar-refractivity contribution in [1.82, 2.24) is 25.5 Å². The van der Waals surface area contributed by atoms with E-state index in [-0.39, 0.29) is 29.9 Å². The first-order chi connectivity index (χ1) is 11.5. The second kappa shape index (κ2) is 9.73. The van der Waals surface area contributed by atoms with Gasteiger partial charge >= 0.3 is 0 Å². The summed E-state index contributed by atoms with van der Waals surface area (Å²) in [6.07, 6.45) is 3.52. The SMILES string of the molecule is CN=C(NCC(C)(C)C(=O)NC)N1CCN(c2ncccn2)CC1.I. The molecule has 9 heteroatoms. The number of carbonyl (C=O) groups is 1. The first-order valence-electron chi connectivity index (χ1n) is 8.17. The van der Waals surface area contributed by atoms with Gasteiger partial charge in [-0.2, -0.15) is 0 Å². The van der Waals surface area contributed by atoms with Crippen molar-refractivity contribution in [2.75, 3.05) is 51.7 Å². The highest BCUT2D eigenvalue weighted by molar-refractivity contribution is 14.0. The predicted molar refractivity (Wildman–Crippen MR) is 110 cm³/mol. The second-order valence-electron chi connectivity index (χ2n) is 6.39. The molecular formula is C16H28IN7O. The fourth-order valence-corrected chi connectivity index (χ4v) is 2.62. The van der Waals surface area contributed by atoms with Crippen molar-refractivity contribution in [3.05, 3.63) is 18.5 Å². The summed E-state index contributed by atoms with van der Waals surface area (Å²) in [5, 5.41) is 6.01. The predicted octanol–water partition coefficient (Wildman–Crippen LogP) is 0.564. The minimum atomic E-state index is -0.496. The number of nitrogens with one attached hydrogen (secondary N) is 2. The van der Waals surface area contributed by atoms with Gasteiger partial charge in [-0.05, 0) is 19.9 Å². The van der Waals surface area contributed by atoms with Crippen LogP contribution in [0.1, 0.15) is 13.8 Å². The van der Waals surface area contributed by atoms with E-state index < -0.39 is 5.41 Å². The zero-order valence-electron chi connectivity index (χ0n) is 15.3. The Balaban J connectivity index is 0.00000312. The first-order valence-corrected chi connectivity index (χ1v) is 8.17. The molecule has 1 amide bonds. The Kier molecular flexibility index (Phi) is 8.33. The Morgan fingerprint density at radius 1 is 1.24 bits per heavy atom. The normalized spacial score (nSPS) is 15.4. The number of aromatic nitrogens is 2. The fraction of sp³-hybridized carbons (Fsp3) is 0.625. The minimum absolute atomic E-state index is 0. The van der Waals surface area contributed by atoms with Crippen molar-refractivity contribution in [1.29, 1.82) is 0 Å². The standard InChI is InChI=1S/C16H27N7O.HI/c1-16(2,13(24)17-3)12-21-14(18-4)22-8-10-23(11-9-22)15-19-6-5-7-20-15;/h5-7H,8-12H2,1-4H3,(H,17,24)(H,18,21);1H. The van der Waals surface area contributed by atoms with E-state index >= 15 is 0 Å². The van der Waals surface area contributed by atoms with Crippen molar-refractivity contribution in [2.45, 2.75) is 13.8 Å². The van der Waals surface area contributed by atoms with E-state index in [2.05, 4.69) is 35.4 Å². The van der Waals surface area contributed by atoms with Gasteiger partial charge in [-0.1, -0.05) is 0 Å². The lowest BCUT2D eigenvalue weighted by Crippen LogP contribution is -2.54. The van der Waals surface area contributed by atoms with E-state index in [0.29, 0.717) is 6.54 Å². The van der Waals surface area contributed by atoms with Crippen LogP contribution in [0.15, 0.2) is 23.5 Å². The molecule has 0 saturated carbocycles. The number of nitrogens with zero attached hydrogens (tertiary/aromatic N) is 5. The van der Waals surface area contributed by atoms with E-state index in [1.54, 1.807) is 26.5 Å². The van der Waals surface area contributed by atoms with Gasteiger partial charge < -0.3 is 20.4 Å². The lowest BCUT2D eigenvalue weighted by atomic mass is 9.92. The average molecular weight is 461 g/mol. The van der Waals surface area contributed by atoms with Crippen LogP contribution in [-0.2, 0) is 4.79 Å². The van der Waals surface area contributed by atoms with Crippen LogP contribution in [0.4, 0.5) is 5.95 Å². The lowest BCUT2D eigenvalue weighted by Gasteiger charge is -2.37. The van der Waals surface area contributed by atoms with Gasteiger partial charge in [-0.15, -0.1) is 24.0 Å². The van der Waals surface area contributed by atoms with Gasteiger partial charge in [0.1, 0.15) is 0 Å². The van der Waals surface area contributed by atoms with Gasteiger partial charge in [0.2, 0.25) is 11.9 Å². The number of guanidine groups is 1. The summed E-state index contributed by atoms with van der Waals surface area (Å²) < 4.78 is 0. The van der Waals surface area contributed by atoms with Gasteiger partial charge in [0, 0.05) is 59.2 Å². The van der Waals surface area contributed by atoms with Crippen LogP contribution in [0, 0.1) is 5.41 Å². The molecule has 1 aromatic heterocycles. The molecule has 2 heterocycles. The van der Waals surface area contributed by atoms with Gasteiger partial charge in [-0.3, -0.25) is 9.79 Å². The maximum atomic E-state index is 11.9. The summed E-state index contributed by atoms with van der Waals surface area (Å²) in [6, 6.07) is 1.82. The summed E-state index contributed by atoms with van der Waals surface area (Å²) in [5.74, 6) is 1.60. The maximum Gasteiger partial charge on any atom is 0.227 e. The van der Waals surface area contributed by atoms with E-state index in [4.69, 9.17) is 0 Å². The Labute approximate surface area is 166 Å². The number of halogens is 1. The monoisotopic (exact) mass is 461 g/mol. The summed E-state index contributed by atoms with van der Waals surface area (Å²) in [7, 11) is 3.42. The molecule has 0 aromatic carbocycles. The minimum Gasteiger partial charge on any atom is -0.359 e. The van der Waals surface area contributed by atoms with Gasteiger partial charge in [0.15, 0.2) is 5.96 Å². The van der Waals surface area contributed by atoms with Crippen molar-refractivity contribution < 1.29 is 4.79 Å². The van der Waals surface area contributed by atoms with Crippen LogP contribution >= 0.6 is 24.0 Å². The molecule has 0 atom stereocenters. The Morgan fingerprint density at radius 2 is 1.84 bits per heavy atom. The molecule has 25 heavy (non-hydrogen) atoms. The molecule has 2 N–H and O–H groups in total. The molecule has 140 valence electrons. The van der Waals surface area contributed by atoms with Crippen molar-refractivity contribution >= 4 is 41.8 Å². The van der Waals surface area contributed by atoms with Crippen molar-refractivity contribution in [3.63, 3.8) is 0 Å². The third-order valence-corrected chi connectivity index (χ3v) is 4.16. The molecular weight excluding hydrogens is 433 g/mol. The van der Waals surface area contributed by atoms with E-state index in [1.807, 2.05) is 19.9 Å². The number of aliphatic imine (C=N–C) groups is 1. The Morgan fingerprint density at radius 3 is 2.36 bits per heavy atom. The third kappa shape index (κ3) is 5.68. The van der Waals surface area contributed by atoms with E-state index in [1.165, 1.54) is 0 Å². The van der Waals surface area contributed by atoms with E-state index in [0.717, 1.165) is 38.1 Å². The molecule has 1 aliphatic heterocycles. The molecule has 0 radical (unpaired) electrons. The molecule has 1 aliphatic rings. The highest BCUT2D eigenvalue weighted by Crippen LogP contribution is 2.14. The van der Waals surface area contributed by atoms with Crippen LogP contribution in [-0.4, -0.2) is 73.6 Å². The smallest absolute Gasteiger partial charge is 0.227 e. The highest BCUT2D eigenvalue weighted by Gasteiger charge is 2.28. The zero-order chi connectivity index (χ0) is 17.6. The second-order valence-corrected chi connectivity index (χ2v) is 6.39. The molecule has 0 unspecified atom stereocenters. The van der Waals surface area contributed by atoms with Crippen LogP contribution < -0.4 is 15.5 Å². The first kappa shape index (κ1) is 21.4. The van der Waals surface area contributed by atoms with Crippen LogP contribution in [0.25, 0.3) is 0 Å². The van der Waals surface area contributed by atoms with Gasteiger partial charge in [-0.25, -0.2) is 9.97 Å². The molecule has 1 aromatic rings. The quantitative estimate of drug-likeness (QED) is 0.388. The van der Waals surface area contributed by atoms with Gasteiger partial charge in [0.05, 0.1) is 5.41 Å². The zero-order valence-corrected chi connectivity index (χ0v) is 17.7. The summed E-state index contributed by atoms with van der Waals surface area (Å²) in [6.45, 7) is 7.69. The van der Waals surface area contributed by atoms with Crippen molar-refractivity contribution in [3.8, 4) is 0 Å². The van der Waals surface area contributed by atoms with Crippen LogP contribution in [0.3, 0.4) is 0 Å². The Hall–Kier alpha value is -1.65. The molecule has 0 aliphatic carbocycles. The number of hydrogen-bond acceptors (Lipinski definition) is 5. The average Bonchev–Trinajstić information content (AvgIpc) is 2.62. The summed E-state index contributed by atoms with van der Waals surface area (Å²) in [5.41, 5.74) is -0.496. The van der Waals surface area contributed by atoms with Crippen molar-refractivity contribution in [2.24, 2.45) is 10.4 Å². The van der Waals surface area contributed by atoms with E-state index in [9.17, 15) is 4.79 Å². The molecule has 1 fully saturated rings. The molecule has 2 rings (SSSR count). The number of rotatable bonds is 4. The number of hydrogen-bond donors (Lipinski definition) is 2. The van der Waals surface area contributed by atoms with Gasteiger partial charge in [0.25, 0.3) is 0 Å².